The van der Waals surface area contributed by atoms with Crippen molar-refractivity contribution in [2.24, 2.45) is 0 Å². The van der Waals surface area contributed by atoms with Crippen LogP contribution in [0.25, 0.3) is 0 Å². The molecule has 0 aliphatic heterocycles. The summed E-state index contributed by atoms with van der Waals surface area (Å²) >= 11 is 0. The Morgan fingerprint density at radius 3 is 0.838 bits per heavy atom. The third-order valence-corrected chi connectivity index (χ3v) is 12.7. The van der Waals surface area contributed by atoms with Gasteiger partial charge < -0.3 is 14.2 Å². The third kappa shape index (κ3) is 58.7. The Hall–Kier alpha value is -4.19. The standard InChI is InChI=1S/C68H112O6/c1-4-7-10-13-16-19-22-25-28-30-32-33-34-35-37-38-40-43-46-49-52-55-58-61-67(70)73-64-65(63-72-66(69)60-57-54-51-48-45-42-27-24-21-18-15-12-9-6-3)74-68(71)62-59-56-53-50-47-44-41-39-36-31-29-26-23-20-17-14-11-8-5-2/h7-8,10-11,16-17,19-20,24-29,32-33,35-37,39,65H,4-6,9,12-15,18,21-23,30-31,34,38,40-64H2,1-3H3/b10-7-,11-8-,19-16-,20-17-,27-24-,28-25-,29-26-,33-32-,37-35-,39-36-. The number of unbranched alkanes of at least 4 members (excludes halogenated alkanes) is 23. The highest BCUT2D eigenvalue weighted by molar-refractivity contribution is 5.71. The molecule has 0 heterocycles. The van der Waals surface area contributed by atoms with Crippen LogP contribution in [-0.4, -0.2) is 37.2 Å². The Bertz CT molecular complexity index is 1550. The van der Waals surface area contributed by atoms with Crippen molar-refractivity contribution in [3.63, 3.8) is 0 Å². The van der Waals surface area contributed by atoms with Crippen LogP contribution in [0.2, 0.25) is 0 Å². The summed E-state index contributed by atoms with van der Waals surface area (Å²) in [6.45, 7) is 6.38. The number of carbonyl (C=O) groups excluding carboxylic acids is 3. The Kier molecular flexibility index (Phi) is 57.9. The van der Waals surface area contributed by atoms with E-state index >= 15 is 0 Å². The summed E-state index contributed by atoms with van der Waals surface area (Å²) in [4.78, 5) is 38.3. The van der Waals surface area contributed by atoms with Crippen LogP contribution >= 0.6 is 0 Å². The number of allylic oxidation sites excluding steroid dienone is 20. The lowest BCUT2D eigenvalue weighted by atomic mass is 10.1. The highest BCUT2D eigenvalue weighted by Crippen LogP contribution is 2.14. The average Bonchev–Trinajstić information content (AvgIpc) is 3.40. The molecule has 0 aliphatic rings. The molecule has 0 radical (unpaired) electrons. The first kappa shape index (κ1) is 69.8. The molecule has 0 aromatic heterocycles. The van der Waals surface area contributed by atoms with Crippen molar-refractivity contribution in [3.05, 3.63) is 122 Å². The molecule has 0 spiro atoms. The Labute approximate surface area is 456 Å². The molecule has 0 aromatic carbocycles. The van der Waals surface area contributed by atoms with Crippen LogP contribution in [0, 0.1) is 0 Å². The van der Waals surface area contributed by atoms with E-state index in [4.69, 9.17) is 14.2 Å². The molecule has 0 fully saturated rings. The van der Waals surface area contributed by atoms with E-state index in [2.05, 4.69) is 142 Å². The Balaban J connectivity index is 4.43. The maximum absolute atomic E-state index is 12.9. The van der Waals surface area contributed by atoms with Crippen molar-refractivity contribution in [1.82, 2.24) is 0 Å². The normalized spacial score (nSPS) is 13.0. The van der Waals surface area contributed by atoms with E-state index in [0.717, 1.165) is 141 Å². The number of hydrogen-bond donors (Lipinski definition) is 0. The van der Waals surface area contributed by atoms with Gasteiger partial charge in [0.15, 0.2) is 6.10 Å². The molecule has 0 saturated heterocycles. The van der Waals surface area contributed by atoms with Crippen LogP contribution in [0.5, 0.6) is 0 Å². The van der Waals surface area contributed by atoms with Crippen molar-refractivity contribution < 1.29 is 28.6 Å². The van der Waals surface area contributed by atoms with Gasteiger partial charge >= 0.3 is 17.9 Å². The van der Waals surface area contributed by atoms with Gasteiger partial charge in [-0.25, -0.2) is 0 Å². The van der Waals surface area contributed by atoms with Crippen LogP contribution in [0.1, 0.15) is 271 Å². The van der Waals surface area contributed by atoms with Crippen LogP contribution in [0.4, 0.5) is 0 Å². The van der Waals surface area contributed by atoms with Gasteiger partial charge in [-0.05, 0) is 128 Å². The maximum Gasteiger partial charge on any atom is 0.306 e. The van der Waals surface area contributed by atoms with Gasteiger partial charge in [0, 0.05) is 19.3 Å². The third-order valence-electron chi connectivity index (χ3n) is 12.7. The van der Waals surface area contributed by atoms with Crippen molar-refractivity contribution in [3.8, 4) is 0 Å². The summed E-state index contributed by atoms with van der Waals surface area (Å²) in [5.74, 6) is -0.925. The number of rotatable bonds is 54. The predicted molar refractivity (Wildman–Crippen MR) is 320 cm³/mol. The summed E-state index contributed by atoms with van der Waals surface area (Å²) in [6, 6.07) is 0. The van der Waals surface area contributed by atoms with E-state index in [1.807, 2.05) is 0 Å². The minimum absolute atomic E-state index is 0.0941. The molecule has 0 N–H and O–H groups in total. The van der Waals surface area contributed by atoms with E-state index in [1.165, 1.54) is 89.9 Å². The van der Waals surface area contributed by atoms with Crippen molar-refractivity contribution in [2.75, 3.05) is 13.2 Å². The van der Waals surface area contributed by atoms with Crippen LogP contribution in [0.3, 0.4) is 0 Å². The van der Waals surface area contributed by atoms with E-state index in [0.29, 0.717) is 19.3 Å². The molecule has 1 unspecified atom stereocenters. The van der Waals surface area contributed by atoms with Gasteiger partial charge in [0.05, 0.1) is 0 Å². The molecule has 0 aromatic rings. The quantitative estimate of drug-likeness (QED) is 0.0261. The van der Waals surface area contributed by atoms with Gasteiger partial charge in [0.2, 0.25) is 0 Å². The van der Waals surface area contributed by atoms with E-state index in [1.54, 1.807) is 0 Å². The van der Waals surface area contributed by atoms with E-state index < -0.39 is 6.10 Å². The fraction of sp³-hybridized carbons (Fsp3) is 0.662. The molecular weight excluding hydrogens is 913 g/mol. The zero-order valence-corrected chi connectivity index (χ0v) is 48.1. The zero-order chi connectivity index (χ0) is 53.6. The van der Waals surface area contributed by atoms with Gasteiger partial charge in [-0.2, -0.15) is 0 Å². The zero-order valence-electron chi connectivity index (χ0n) is 48.1. The smallest absolute Gasteiger partial charge is 0.306 e. The molecule has 6 nitrogen and oxygen atoms in total. The molecule has 0 aliphatic carbocycles. The molecule has 420 valence electrons. The molecule has 1 atom stereocenters. The van der Waals surface area contributed by atoms with Crippen LogP contribution in [-0.2, 0) is 28.6 Å². The molecular formula is C68H112O6. The van der Waals surface area contributed by atoms with Gasteiger partial charge in [-0.15, -0.1) is 0 Å². The Morgan fingerprint density at radius 2 is 0.527 bits per heavy atom. The Morgan fingerprint density at radius 1 is 0.284 bits per heavy atom. The summed E-state index contributed by atoms with van der Waals surface area (Å²) in [6.07, 6.45) is 84.7. The molecule has 0 rings (SSSR count). The van der Waals surface area contributed by atoms with Crippen LogP contribution < -0.4 is 0 Å². The molecule has 0 saturated carbocycles. The molecule has 0 bridgehead atoms. The second kappa shape index (κ2) is 61.4. The fourth-order valence-corrected chi connectivity index (χ4v) is 8.16. The topological polar surface area (TPSA) is 78.9 Å². The van der Waals surface area contributed by atoms with Crippen molar-refractivity contribution >= 4 is 17.9 Å². The minimum atomic E-state index is -0.798. The summed E-state index contributed by atoms with van der Waals surface area (Å²) in [5, 5.41) is 0. The van der Waals surface area contributed by atoms with Gasteiger partial charge in [-0.3, -0.25) is 14.4 Å². The predicted octanol–water partition coefficient (Wildman–Crippen LogP) is 20.8. The monoisotopic (exact) mass is 1020 g/mol. The van der Waals surface area contributed by atoms with E-state index in [9.17, 15) is 14.4 Å². The number of carbonyl (C=O) groups is 3. The average molecular weight is 1030 g/mol. The van der Waals surface area contributed by atoms with Gasteiger partial charge in [0.25, 0.3) is 0 Å². The number of esters is 3. The molecule has 74 heavy (non-hydrogen) atoms. The lowest BCUT2D eigenvalue weighted by molar-refractivity contribution is -0.167. The number of hydrogen-bond acceptors (Lipinski definition) is 6. The second-order valence-corrected chi connectivity index (χ2v) is 19.8. The second-order valence-electron chi connectivity index (χ2n) is 19.8. The first-order valence-corrected chi connectivity index (χ1v) is 30.5. The van der Waals surface area contributed by atoms with Crippen molar-refractivity contribution in [1.29, 1.82) is 0 Å². The first-order chi connectivity index (χ1) is 36.5. The lowest BCUT2D eigenvalue weighted by Gasteiger charge is -2.18. The summed E-state index contributed by atoms with van der Waals surface area (Å²) in [5.41, 5.74) is 0. The largest absolute Gasteiger partial charge is 0.462 e. The molecule has 6 heteroatoms. The first-order valence-electron chi connectivity index (χ1n) is 30.5. The summed E-state index contributed by atoms with van der Waals surface area (Å²) in [7, 11) is 0. The SMILES string of the molecule is CC/C=C\C/C=C\C/C=C\C/C=C\C/C=C\CCCCCCCCCC(=O)OCC(COC(=O)CCCCCCC/C=C\CCCCCCC)OC(=O)CCCCCCCC/C=C\C/C=C\C/C=C\C/C=C\CC. The molecule has 0 amide bonds. The summed E-state index contributed by atoms with van der Waals surface area (Å²) < 4.78 is 16.9. The highest BCUT2D eigenvalue weighted by Gasteiger charge is 2.19. The maximum atomic E-state index is 12.9. The fourth-order valence-electron chi connectivity index (χ4n) is 8.16. The lowest BCUT2D eigenvalue weighted by Crippen LogP contribution is -2.30. The van der Waals surface area contributed by atoms with Gasteiger partial charge in [-0.1, -0.05) is 245 Å². The highest BCUT2D eigenvalue weighted by atomic mass is 16.6. The van der Waals surface area contributed by atoms with E-state index in [-0.39, 0.29) is 31.1 Å². The van der Waals surface area contributed by atoms with Gasteiger partial charge in [0.1, 0.15) is 13.2 Å². The minimum Gasteiger partial charge on any atom is -0.462 e. The number of ether oxygens (including phenoxy) is 3. The van der Waals surface area contributed by atoms with Crippen molar-refractivity contribution in [2.45, 2.75) is 277 Å². The van der Waals surface area contributed by atoms with Crippen LogP contribution in [0.15, 0.2) is 122 Å².